The second-order valence-electron chi connectivity index (χ2n) is 11.9. The van der Waals surface area contributed by atoms with Crippen LogP contribution in [-0.4, -0.2) is 21.2 Å². The number of hydrogen-bond acceptors (Lipinski definition) is 3. The molecule has 0 saturated heterocycles. The van der Waals surface area contributed by atoms with Gasteiger partial charge in [0.15, 0.2) is 0 Å². The Morgan fingerprint density at radius 1 is 0.489 bits per heavy atom. The Balaban J connectivity index is 1.30. The highest BCUT2D eigenvalue weighted by Gasteiger charge is 2.35. The molecule has 5 heteroatoms. The van der Waals surface area contributed by atoms with E-state index in [1.807, 2.05) is 18.3 Å². The normalized spacial score (nSPS) is 12.2. The quantitative estimate of drug-likeness (QED) is 0.188. The molecule has 4 nitrogen and oxygen atoms in total. The third kappa shape index (κ3) is 4.63. The molecule has 6 aromatic carbocycles. The fraction of sp³-hybridized carbons (Fsp3) is 0. The maximum atomic E-state index is 5.22. The second kappa shape index (κ2) is 11.3. The first-order chi connectivity index (χ1) is 23.3. The summed E-state index contributed by atoms with van der Waals surface area (Å²) in [6.07, 6.45) is 1.86. The molecule has 2 aromatic heterocycles. The monoisotopic (exact) mass is 600 g/mol. The standard InChI is InChI=1S/C42H29BN4/c1-3-16-33(17-4-1)46-39-23-9-7-20-35(39)43(32-15-13-14-30(28-32)37-21-11-12-27-44-37)36-29-31(25-26-40(36)46)42-45-38-22-8-10-24-41(38)47(42)34-18-5-2-6-19-34/h1-29H. The zero-order valence-corrected chi connectivity index (χ0v) is 25.6. The lowest BCUT2D eigenvalue weighted by Crippen LogP contribution is -2.57. The van der Waals surface area contributed by atoms with Gasteiger partial charge in [-0.15, -0.1) is 0 Å². The van der Waals surface area contributed by atoms with Crippen LogP contribution < -0.4 is 21.3 Å². The molecule has 220 valence electrons. The van der Waals surface area contributed by atoms with Crippen molar-refractivity contribution in [3.8, 4) is 28.3 Å². The number of rotatable bonds is 5. The average Bonchev–Trinajstić information content (AvgIpc) is 3.54. The Morgan fingerprint density at radius 3 is 2.04 bits per heavy atom. The molecule has 0 amide bonds. The summed E-state index contributed by atoms with van der Waals surface area (Å²) in [4.78, 5) is 12.3. The van der Waals surface area contributed by atoms with Crippen LogP contribution >= 0.6 is 0 Å². The van der Waals surface area contributed by atoms with Gasteiger partial charge in [0.1, 0.15) is 5.82 Å². The van der Waals surface area contributed by atoms with Gasteiger partial charge in [-0.2, -0.15) is 0 Å². The smallest absolute Gasteiger partial charge is 0.246 e. The molecule has 0 bridgehead atoms. The molecule has 3 heterocycles. The van der Waals surface area contributed by atoms with Gasteiger partial charge >= 0.3 is 0 Å². The molecule has 0 fully saturated rings. The van der Waals surface area contributed by atoms with Gasteiger partial charge in [-0.3, -0.25) is 9.55 Å². The molecule has 0 unspecified atom stereocenters. The van der Waals surface area contributed by atoms with Crippen molar-refractivity contribution in [2.75, 3.05) is 4.90 Å². The number of imidazole rings is 1. The summed E-state index contributed by atoms with van der Waals surface area (Å²) >= 11 is 0. The lowest BCUT2D eigenvalue weighted by Gasteiger charge is -2.37. The van der Waals surface area contributed by atoms with Crippen molar-refractivity contribution in [1.82, 2.24) is 14.5 Å². The van der Waals surface area contributed by atoms with Crippen LogP contribution in [0.25, 0.3) is 39.4 Å². The van der Waals surface area contributed by atoms with Crippen molar-refractivity contribution < 1.29 is 0 Å². The van der Waals surface area contributed by atoms with E-state index in [2.05, 4.69) is 172 Å². The van der Waals surface area contributed by atoms with Crippen LogP contribution in [0.1, 0.15) is 0 Å². The van der Waals surface area contributed by atoms with Crippen molar-refractivity contribution in [3.05, 3.63) is 176 Å². The summed E-state index contributed by atoms with van der Waals surface area (Å²) in [6, 6.07) is 60.2. The van der Waals surface area contributed by atoms with E-state index in [1.54, 1.807) is 0 Å². The number of aromatic nitrogens is 3. The Labute approximate surface area is 274 Å². The predicted molar refractivity (Wildman–Crippen MR) is 196 cm³/mol. The SMILES string of the molecule is c1ccc(N2c3ccccc3B(c3cccc(-c4ccccn4)c3)c3cc(-c4nc5ccccc5n4-c4ccccc4)ccc32)cc1. The molecule has 0 spiro atoms. The zero-order chi connectivity index (χ0) is 31.2. The van der Waals surface area contributed by atoms with E-state index >= 15 is 0 Å². The lowest BCUT2D eigenvalue weighted by molar-refractivity contribution is 1.10. The van der Waals surface area contributed by atoms with E-state index in [0.29, 0.717) is 0 Å². The summed E-state index contributed by atoms with van der Waals surface area (Å²) in [5.74, 6) is 0.923. The van der Waals surface area contributed by atoms with Crippen LogP contribution in [0.4, 0.5) is 17.1 Å². The third-order valence-electron chi connectivity index (χ3n) is 9.10. The van der Waals surface area contributed by atoms with E-state index < -0.39 is 0 Å². The minimum Gasteiger partial charge on any atom is -0.312 e. The number of benzene rings is 6. The van der Waals surface area contributed by atoms with Gasteiger partial charge in [0.2, 0.25) is 6.71 Å². The minimum atomic E-state index is -0.000622. The summed E-state index contributed by atoms with van der Waals surface area (Å²) in [5, 5.41) is 0. The Morgan fingerprint density at radius 2 is 1.21 bits per heavy atom. The van der Waals surface area contributed by atoms with Crippen molar-refractivity contribution in [2.45, 2.75) is 0 Å². The molecule has 9 rings (SSSR count). The van der Waals surface area contributed by atoms with Crippen LogP contribution in [0.2, 0.25) is 0 Å². The maximum absolute atomic E-state index is 5.22. The molecule has 0 saturated carbocycles. The highest BCUT2D eigenvalue weighted by Crippen LogP contribution is 2.38. The summed E-state index contributed by atoms with van der Waals surface area (Å²) in [5.41, 5.74) is 13.5. The molecule has 0 aliphatic carbocycles. The Hall–Kier alpha value is -6.20. The number of para-hydroxylation sites is 5. The molecule has 1 aliphatic heterocycles. The largest absolute Gasteiger partial charge is 0.312 e. The second-order valence-corrected chi connectivity index (χ2v) is 11.9. The van der Waals surface area contributed by atoms with Gasteiger partial charge in [-0.1, -0.05) is 109 Å². The Kier molecular flexibility index (Phi) is 6.53. The van der Waals surface area contributed by atoms with Crippen LogP contribution in [-0.2, 0) is 0 Å². The predicted octanol–water partition coefficient (Wildman–Crippen LogP) is 8.05. The van der Waals surface area contributed by atoms with E-state index in [-0.39, 0.29) is 6.71 Å². The molecule has 0 N–H and O–H groups in total. The number of pyridine rings is 1. The van der Waals surface area contributed by atoms with E-state index in [9.17, 15) is 0 Å². The Bertz CT molecular complexity index is 2370. The first-order valence-corrected chi connectivity index (χ1v) is 16.0. The molecule has 1 aliphatic rings. The van der Waals surface area contributed by atoms with Gasteiger partial charge in [0.25, 0.3) is 0 Å². The van der Waals surface area contributed by atoms with Crippen LogP contribution in [0.5, 0.6) is 0 Å². The topological polar surface area (TPSA) is 34.0 Å². The molecule has 0 atom stereocenters. The summed E-state index contributed by atoms with van der Waals surface area (Å²) in [7, 11) is 0. The van der Waals surface area contributed by atoms with Crippen molar-refractivity contribution in [2.24, 2.45) is 0 Å². The number of anilines is 3. The van der Waals surface area contributed by atoms with Gasteiger partial charge in [0, 0.05) is 34.5 Å². The highest BCUT2D eigenvalue weighted by molar-refractivity contribution is 6.98. The molecular formula is C42H29BN4. The molecule has 0 radical (unpaired) electrons. The van der Waals surface area contributed by atoms with Gasteiger partial charge in [-0.25, -0.2) is 4.98 Å². The van der Waals surface area contributed by atoms with Crippen molar-refractivity contribution in [3.63, 3.8) is 0 Å². The molecular weight excluding hydrogens is 571 g/mol. The molecule has 8 aromatic rings. The first kappa shape index (κ1) is 27.1. The maximum Gasteiger partial charge on any atom is 0.246 e. The summed E-state index contributed by atoms with van der Waals surface area (Å²) < 4.78 is 2.28. The van der Waals surface area contributed by atoms with E-state index in [0.717, 1.165) is 50.7 Å². The van der Waals surface area contributed by atoms with E-state index in [1.165, 1.54) is 22.1 Å². The summed E-state index contributed by atoms with van der Waals surface area (Å²) in [6.45, 7) is -0.000622. The lowest BCUT2D eigenvalue weighted by atomic mass is 9.35. The van der Waals surface area contributed by atoms with Gasteiger partial charge in [0.05, 0.1) is 16.7 Å². The van der Waals surface area contributed by atoms with Crippen molar-refractivity contribution in [1.29, 1.82) is 0 Å². The zero-order valence-electron chi connectivity index (χ0n) is 25.6. The first-order valence-electron chi connectivity index (χ1n) is 16.0. The van der Waals surface area contributed by atoms with Crippen LogP contribution in [0, 0.1) is 0 Å². The number of fused-ring (bicyclic) bond motifs is 3. The number of hydrogen-bond donors (Lipinski definition) is 0. The van der Waals surface area contributed by atoms with Gasteiger partial charge < -0.3 is 4.90 Å². The minimum absolute atomic E-state index is 0.000622. The van der Waals surface area contributed by atoms with Crippen LogP contribution in [0.3, 0.4) is 0 Å². The molecule has 47 heavy (non-hydrogen) atoms. The highest BCUT2D eigenvalue weighted by atomic mass is 15.2. The fourth-order valence-corrected chi connectivity index (χ4v) is 7.04. The fourth-order valence-electron chi connectivity index (χ4n) is 7.04. The van der Waals surface area contributed by atoms with Crippen molar-refractivity contribution >= 4 is 51.2 Å². The van der Waals surface area contributed by atoms with E-state index in [4.69, 9.17) is 4.98 Å². The average molecular weight is 601 g/mol. The van der Waals surface area contributed by atoms with Crippen LogP contribution in [0.15, 0.2) is 176 Å². The third-order valence-corrected chi connectivity index (χ3v) is 9.10. The number of nitrogens with zero attached hydrogens (tertiary/aromatic N) is 4. The van der Waals surface area contributed by atoms with Gasteiger partial charge in [-0.05, 0) is 83.2 Å².